The zero-order valence-corrected chi connectivity index (χ0v) is 20.3. The van der Waals surface area contributed by atoms with Gasteiger partial charge in [0.2, 0.25) is 11.8 Å². The van der Waals surface area contributed by atoms with Gasteiger partial charge < -0.3 is 9.73 Å². The van der Waals surface area contributed by atoms with Crippen molar-refractivity contribution >= 4 is 28.5 Å². The Balaban J connectivity index is 1.54. The third kappa shape index (κ3) is 5.25. The molecule has 1 atom stereocenters. The van der Waals surface area contributed by atoms with Crippen LogP contribution in [0.2, 0.25) is 0 Å². The smallest absolute Gasteiger partial charge is 0.249 e. The Morgan fingerprint density at radius 3 is 2.59 bits per heavy atom. The summed E-state index contributed by atoms with van der Waals surface area (Å²) in [4.78, 5) is 33.4. The lowest BCUT2D eigenvalue weighted by atomic mass is 10.0. The van der Waals surface area contributed by atoms with Gasteiger partial charge in [0.25, 0.3) is 0 Å². The van der Waals surface area contributed by atoms with Crippen molar-refractivity contribution < 1.29 is 14.0 Å². The third-order valence-corrected chi connectivity index (χ3v) is 6.12. The number of para-hydroxylation sites is 1. The molecule has 186 valence electrons. The van der Waals surface area contributed by atoms with Crippen LogP contribution in [-0.2, 0) is 29.1 Å². The quantitative estimate of drug-likeness (QED) is 0.331. The summed E-state index contributed by atoms with van der Waals surface area (Å²) in [6, 6.07) is 21.2. The summed E-state index contributed by atoms with van der Waals surface area (Å²) in [5, 5.41) is 11.3. The minimum atomic E-state index is -0.974. The number of fused-ring (bicyclic) bond motifs is 1. The molecule has 1 N–H and O–H groups in total. The van der Waals surface area contributed by atoms with Crippen LogP contribution < -0.4 is 10.2 Å². The summed E-state index contributed by atoms with van der Waals surface area (Å²) >= 11 is 0. The molecule has 2 aromatic carbocycles. The summed E-state index contributed by atoms with van der Waals surface area (Å²) in [6.07, 6.45) is 5.64. The van der Waals surface area contributed by atoms with Gasteiger partial charge in [-0.2, -0.15) is 0 Å². The summed E-state index contributed by atoms with van der Waals surface area (Å²) < 4.78 is 6.92. The second-order valence-corrected chi connectivity index (χ2v) is 8.51. The zero-order valence-electron chi connectivity index (χ0n) is 20.3. The SMILES string of the molecule is CCc1ccc(N(C(=O)Cn2nnc3ccccc32)[C@@H](C(=O)NCc2ccco2)c2cccnc2)cc1. The first-order chi connectivity index (χ1) is 18.1. The maximum atomic E-state index is 14.0. The van der Waals surface area contributed by atoms with Crippen LogP contribution >= 0.6 is 0 Å². The van der Waals surface area contributed by atoms with Crippen LogP contribution in [0, 0.1) is 0 Å². The van der Waals surface area contributed by atoms with E-state index in [1.807, 2.05) is 48.5 Å². The molecule has 5 aromatic rings. The van der Waals surface area contributed by atoms with E-state index in [9.17, 15) is 9.59 Å². The second-order valence-electron chi connectivity index (χ2n) is 8.51. The number of pyridine rings is 1. The van der Waals surface area contributed by atoms with Crippen LogP contribution in [0.3, 0.4) is 0 Å². The van der Waals surface area contributed by atoms with E-state index in [-0.39, 0.29) is 24.9 Å². The minimum absolute atomic E-state index is 0.0989. The lowest BCUT2D eigenvalue weighted by Crippen LogP contribution is -2.45. The van der Waals surface area contributed by atoms with Crippen LogP contribution in [0.15, 0.2) is 95.9 Å². The molecule has 0 saturated heterocycles. The Labute approximate surface area is 213 Å². The number of hydrogen-bond acceptors (Lipinski definition) is 6. The van der Waals surface area contributed by atoms with Crippen molar-refractivity contribution in [2.45, 2.75) is 32.5 Å². The van der Waals surface area contributed by atoms with Gasteiger partial charge in [-0.25, -0.2) is 4.68 Å². The highest BCUT2D eigenvalue weighted by Gasteiger charge is 2.33. The average molecular weight is 495 g/mol. The highest BCUT2D eigenvalue weighted by atomic mass is 16.3. The van der Waals surface area contributed by atoms with Crippen LogP contribution in [0.25, 0.3) is 11.0 Å². The number of carbonyl (C=O) groups excluding carboxylic acids is 2. The second kappa shape index (κ2) is 10.9. The van der Waals surface area contributed by atoms with Crippen LogP contribution in [0.1, 0.15) is 29.9 Å². The van der Waals surface area contributed by atoms with E-state index < -0.39 is 6.04 Å². The van der Waals surface area contributed by atoms with Crippen molar-refractivity contribution in [1.29, 1.82) is 0 Å². The number of aryl methyl sites for hydroxylation is 1. The lowest BCUT2D eigenvalue weighted by Gasteiger charge is -2.31. The average Bonchev–Trinajstić information content (AvgIpc) is 3.61. The molecule has 0 aliphatic heterocycles. The number of nitrogens with zero attached hydrogens (tertiary/aromatic N) is 5. The number of furan rings is 1. The topological polar surface area (TPSA) is 106 Å². The number of carbonyl (C=O) groups is 2. The molecule has 0 aliphatic rings. The lowest BCUT2D eigenvalue weighted by molar-refractivity contribution is -0.127. The molecule has 9 heteroatoms. The fourth-order valence-corrected chi connectivity index (χ4v) is 4.21. The molecule has 2 amide bonds. The molecular weight excluding hydrogens is 468 g/mol. The van der Waals surface area contributed by atoms with Crippen molar-refractivity contribution in [3.8, 4) is 0 Å². The Bertz CT molecular complexity index is 1480. The molecule has 0 saturated carbocycles. The molecule has 0 aliphatic carbocycles. The Morgan fingerprint density at radius 1 is 1.03 bits per heavy atom. The summed E-state index contributed by atoms with van der Waals surface area (Å²) in [5.41, 5.74) is 3.72. The van der Waals surface area contributed by atoms with Gasteiger partial charge in [0.1, 0.15) is 23.9 Å². The van der Waals surface area contributed by atoms with Gasteiger partial charge in [0, 0.05) is 23.6 Å². The molecule has 3 heterocycles. The molecule has 0 radical (unpaired) electrons. The van der Waals surface area contributed by atoms with Crippen molar-refractivity contribution in [3.63, 3.8) is 0 Å². The van der Waals surface area contributed by atoms with Gasteiger partial charge in [-0.05, 0) is 54.4 Å². The first-order valence-electron chi connectivity index (χ1n) is 12.0. The summed E-state index contributed by atoms with van der Waals surface area (Å²) in [6.45, 7) is 2.15. The zero-order chi connectivity index (χ0) is 25.6. The minimum Gasteiger partial charge on any atom is -0.467 e. The maximum Gasteiger partial charge on any atom is 0.249 e. The van der Waals surface area contributed by atoms with E-state index >= 15 is 0 Å². The molecule has 0 unspecified atom stereocenters. The number of benzene rings is 2. The van der Waals surface area contributed by atoms with E-state index in [2.05, 4.69) is 27.5 Å². The van der Waals surface area contributed by atoms with Crippen LogP contribution in [-0.4, -0.2) is 31.8 Å². The molecule has 5 rings (SSSR count). The van der Waals surface area contributed by atoms with Gasteiger partial charge in [-0.15, -0.1) is 5.10 Å². The highest BCUT2D eigenvalue weighted by Crippen LogP contribution is 2.29. The number of aromatic nitrogens is 4. The highest BCUT2D eigenvalue weighted by molar-refractivity contribution is 6.01. The van der Waals surface area contributed by atoms with Crippen molar-refractivity contribution in [2.24, 2.45) is 0 Å². The number of hydrogen-bond donors (Lipinski definition) is 1. The predicted octanol–water partition coefficient (Wildman–Crippen LogP) is 4.07. The molecule has 3 aromatic heterocycles. The third-order valence-electron chi connectivity index (χ3n) is 6.12. The molecule has 37 heavy (non-hydrogen) atoms. The Hall–Kier alpha value is -4.79. The normalized spacial score (nSPS) is 11.8. The molecular formula is C28H26N6O3. The molecule has 0 spiro atoms. The van der Waals surface area contributed by atoms with Crippen molar-refractivity contribution in [2.75, 3.05) is 4.90 Å². The van der Waals surface area contributed by atoms with E-state index in [1.165, 1.54) is 4.90 Å². The number of anilines is 1. The van der Waals surface area contributed by atoms with Crippen LogP contribution in [0.5, 0.6) is 0 Å². The number of nitrogens with one attached hydrogen (secondary N) is 1. The maximum absolute atomic E-state index is 14.0. The van der Waals surface area contributed by atoms with E-state index in [4.69, 9.17) is 4.42 Å². The van der Waals surface area contributed by atoms with Crippen molar-refractivity contribution in [3.05, 3.63) is 108 Å². The van der Waals surface area contributed by atoms with E-state index in [0.29, 0.717) is 22.5 Å². The van der Waals surface area contributed by atoms with Gasteiger partial charge in [0.05, 0.1) is 18.3 Å². The monoisotopic (exact) mass is 494 g/mol. The fourth-order valence-electron chi connectivity index (χ4n) is 4.21. The number of rotatable bonds is 9. The predicted molar refractivity (Wildman–Crippen MR) is 138 cm³/mol. The van der Waals surface area contributed by atoms with Gasteiger partial charge in [0.15, 0.2) is 0 Å². The molecule has 0 bridgehead atoms. The fraction of sp³-hybridized carbons (Fsp3) is 0.179. The van der Waals surface area contributed by atoms with E-state index in [0.717, 1.165) is 17.5 Å². The summed E-state index contributed by atoms with van der Waals surface area (Å²) in [5.74, 6) is -0.0692. The van der Waals surface area contributed by atoms with E-state index in [1.54, 1.807) is 47.6 Å². The first-order valence-corrected chi connectivity index (χ1v) is 12.0. The first kappa shape index (κ1) is 23.9. The van der Waals surface area contributed by atoms with Gasteiger partial charge >= 0.3 is 0 Å². The van der Waals surface area contributed by atoms with Crippen LogP contribution in [0.4, 0.5) is 5.69 Å². The van der Waals surface area contributed by atoms with Crippen molar-refractivity contribution in [1.82, 2.24) is 25.3 Å². The largest absolute Gasteiger partial charge is 0.467 e. The standard InChI is InChI=1S/C28H26N6O3/c1-2-20-11-13-22(14-12-20)34(26(35)19-33-25-10-4-3-9-24(25)31-32-33)27(21-7-5-15-29-17-21)28(36)30-18-23-8-6-16-37-23/h3-17,27H,2,18-19H2,1H3,(H,30,36)/t27-/m1/s1. The summed E-state index contributed by atoms with van der Waals surface area (Å²) in [7, 11) is 0. The molecule has 0 fully saturated rings. The number of amides is 2. The van der Waals surface area contributed by atoms with Gasteiger partial charge in [-0.3, -0.25) is 19.5 Å². The van der Waals surface area contributed by atoms with Gasteiger partial charge in [-0.1, -0.05) is 42.5 Å². The molecule has 9 nitrogen and oxygen atoms in total. The Morgan fingerprint density at radius 2 is 1.86 bits per heavy atom. The Kier molecular flexibility index (Phi) is 7.02.